The number of nitrogens with two attached hydrogens (primary N) is 1. The van der Waals surface area contributed by atoms with Gasteiger partial charge < -0.3 is 20.7 Å². The van der Waals surface area contributed by atoms with Gasteiger partial charge in [-0.25, -0.2) is 0 Å². The number of benzene rings is 1. The van der Waals surface area contributed by atoms with Crippen molar-refractivity contribution in [3.05, 3.63) is 24.3 Å². The summed E-state index contributed by atoms with van der Waals surface area (Å²) in [6, 6.07) is 7.52. The van der Waals surface area contributed by atoms with Crippen molar-refractivity contribution in [2.24, 2.45) is 0 Å². The van der Waals surface area contributed by atoms with Gasteiger partial charge in [0.1, 0.15) is 0 Å². The van der Waals surface area contributed by atoms with Gasteiger partial charge in [0.05, 0.1) is 6.61 Å². The van der Waals surface area contributed by atoms with Gasteiger partial charge in [0.2, 0.25) is 5.91 Å². The van der Waals surface area contributed by atoms with Crippen LogP contribution in [-0.4, -0.2) is 44.2 Å². The van der Waals surface area contributed by atoms with Gasteiger partial charge in [0.25, 0.3) is 0 Å². The van der Waals surface area contributed by atoms with Crippen molar-refractivity contribution in [3.63, 3.8) is 0 Å². The minimum Gasteiger partial charge on any atom is -0.399 e. The number of carbonyl (C=O) groups is 1. The summed E-state index contributed by atoms with van der Waals surface area (Å²) in [5.74, 6) is 0.0302. The Labute approximate surface area is 121 Å². The molecule has 0 radical (unpaired) electrons. The Bertz CT molecular complexity index is 406. The summed E-state index contributed by atoms with van der Waals surface area (Å²) < 4.78 is 5.11. The second-order valence-electron chi connectivity index (χ2n) is 5.06. The normalized spacial score (nSPS) is 12.4. The van der Waals surface area contributed by atoms with E-state index in [1.54, 1.807) is 31.4 Å². The second-order valence-corrected chi connectivity index (χ2v) is 5.06. The molecule has 1 atom stereocenters. The molecule has 1 aromatic carbocycles. The Morgan fingerprint density at radius 3 is 2.65 bits per heavy atom. The maximum Gasteiger partial charge on any atom is 0.224 e. The van der Waals surface area contributed by atoms with E-state index < -0.39 is 0 Å². The van der Waals surface area contributed by atoms with E-state index in [2.05, 4.69) is 17.1 Å². The zero-order chi connectivity index (χ0) is 15.0. The van der Waals surface area contributed by atoms with Crippen LogP contribution in [0.25, 0.3) is 0 Å². The van der Waals surface area contributed by atoms with Crippen molar-refractivity contribution >= 4 is 17.3 Å². The summed E-state index contributed by atoms with van der Waals surface area (Å²) in [6.45, 7) is 3.69. The first-order valence-corrected chi connectivity index (χ1v) is 6.87. The lowest BCUT2D eigenvalue weighted by atomic mass is 10.2. The number of nitrogen functional groups attached to an aromatic ring is 1. The van der Waals surface area contributed by atoms with Crippen LogP contribution in [-0.2, 0) is 9.53 Å². The molecule has 0 saturated carbocycles. The van der Waals surface area contributed by atoms with Crippen LogP contribution < -0.4 is 11.1 Å². The standard InChI is InChI=1S/C15H25N3O2/c1-12(11-20-3)18(2)10-4-5-15(19)17-14-8-6-13(16)7-9-14/h6-9,12H,4-5,10-11,16H2,1-3H3,(H,17,19). The molecule has 112 valence electrons. The maximum absolute atomic E-state index is 11.8. The average molecular weight is 279 g/mol. The van der Waals surface area contributed by atoms with Crippen molar-refractivity contribution in [2.45, 2.75) is 25.8 Å². The van der Waals surface area contributed by atoms with Gasteiger partial charge in [0.15, 0.2) is 0 Å². The second kappa shape index (κ2) is 8.55. The fourth-order valence-electron chi connectivity index (χ4n) is 1.87. The SMILES string of the molecule is COCC(C)N(C)CCCC(=O)Nc1ccc(N)cc1. The third-order valence-corrected chi connectivity index (χ3v) is 3.27. The molecule has 1 aromatic rings. The lowest BCUT2D eigenvalue weighted by molar-refractivity contribution is -0.116. The molecule has 1 amide bonds. The number of amides is 1. The quantitative estimate of drug-likeness (QED) is 0.714. The summed E-state index contributed by atoms with van der Waals surface area (Å²) in [5, 5.41) is 2.86. The highest BCUT2D eigenvalue weighted by molar-refractivity contribution is 5.90. The fraction of sp³-hybridized carbons (Fsp3) is 0.533. The third kappa shape index (κ3) is 6.04. The predicted molar refractivity (Wildman–Crippen MR) is 82.7 cm³/mol. The Hall–Kier alpha value is -1.59. The Balaban J connectivity index is 2.25. The molecule has 0 aliphatic rings. The van der Waals surface area contributed by atoms with Crippen LogP contribution in [0.3, 0.4) is 0 Å². The molecular formula is C15H25N3O2. The maximum atomic E-state index is 11.8. The van der Waals surface area contributed by atoms with E-state index in [-0.39, 0.29) is 5.91 Å². The summed E-state index contributed by atoms with van der Waals surface area (Å²) in [5.41, 5.74) is 7.07. The molecule has 0 fully saturated rings. The van der Waals surface area contributed by atoms with Crippen LogP contribution in [0.2, 0.25) is 0 Å². The number of methoxy groups -OCH3 is 1. The van der Waals surface area contributed by atoms with E-state index >= 15 is 0 Å². The van der Waals surface area contributed by atoms with Gasteiger partial charge >= 0.3 is 0 Å². The average Bonchev–Trinajstić information content (AvgIpc) is 2.41. The van der Waals surface area contributed by atoms with Crippen LogP contribution in [0.4, 0.5) is 11.4 Å². The van der Waals surface area contributed by atoms with Gasteiger partial charge in [-0.15, -0.1) is 0 Å². The molecule has 3 N–H and O–H groups in total. The van der Waals surface area contributed by atoms with Crippen molar-refractivity contribution in [1.29, 1.82) is 0 Å². The number of hydrogen-bond acceptors (Lipinski definition) is 4. The topological polar surface area (TPSA) is 67.6 Å². The van der Waals surface area contributed by atoms with Gasteiger partial charge in [0, 0.05) is 30.9 Å². The highest BCUT2D eigenvalue weighted by Gasteiger charge is 2.09. The lowest BCUT2D eigenvalue weighted by Crippen LogP contribution is -2.33. The molecule has 0 heterocycles. The van der Waals surface area contributed by atoms with Gasteiger partial charge in [-0.3, -0.25) is 4.79 Å². The Kier molecular flexibility index (Phi) is 7.04. The molecule has 1 rings (SSSR count). The van der Waals surface area contributed by atoms with E-state index in [4.69, 9.17) is 10.5 Å². The number of rotatable bonds is 8. The molecule has 0 aliphatic carbocycles. The Morgan fingerprint density at radius 2 is 2.05 bits per heavy atom. The molecule has 0 spiro atoms. The summed E-state index contributed by atoms with van der Waals surface area (Å²) in [7, 11) is 3.74. The number of carbonyl (C=O) groups excluding carboxylic acids is 1. The number of likely N-dealkylation sites (N-methyl/N-ethyl adjacent to an activating group) is 1. The van der Waals surface area contributed by atoms with Gasteiger partial charge in [-0.1, -0.05) is 0 Å². The van der Waals surface area contributed by atoms with E-state index in [0.29, 0.717) is 24.8 Å². The minimum atomic E-state index is 0.0302. The summed E-state index contributed by atoms with van der Waals surface area (Å²) >= 11 is 0. The van der Waals surface area contributed by atoms with Crippen LogP contribution in [0.15, 0.2) is 24.3 Å². The van der Waals surface area contributed by atoms with E-state index in [1.807, 2.05) is 7.05 Å². The predicted octanol–water partition coefficient (Wildman–Crippen LogP) is 1.95. The molecule has 0 aromatic heterocycles. The number of hydrogen-bond donors (Lipinski definition) is 2. The van der Waals surface area contributed by atoms with Crippen LogP contribution >= 0.6 is 0 Å². The van der Waals surface area contributed by atoms with Crippen LogP contribution in [0, 0.1) is 0 Å². The molecule has 5 heteroatoms. The highest BCUT2D eigenvalue weighted by atomic mass is 16.5. The molecular weight excluding hydrogens is 254 g/mol. The Morgan fingerprint density at radius 1 is 1.40 bits per heavy atom. The first kappa shape index (κ1) is 16.5. The molecule has 5 nitrogen and oxygen atoms in total. The molecule has 0 bridgehead atoms. The third-order valence-electron chi connectivity index (χ3n) is 3.27. The van der Waals surface area contributed by atoms with Gasteiger partial charge in [-0.05, 0) is 51.2 Å². The van der Waals surface area contributed by atoms with E-state index in [0.717, 1.165) is 18.7 Å². The molecule has 0 saturated heterocycles. The van der Waals surface area contributed by atoms with Gasteiger partial charge in [-0.2, -0.15) is 0 Å². The van der Waals surface area contributed by atoms with E-state index in [9.17, 15) is 4.79 Å². The number of ether oxygens (including phenoxy) is 1. The van der Waals surface area contributed by atoms with Crippen LogP contribution in [0.5, 0.6) is 0 Å². The highest BCUT2D eigenvalue weighted by Crippen LogP contribution is 2.11. The fourth-order valence-corrected chi connectivity index (χ4v) is 1.87. The van der Waals surface area contributed by atoms with Crippen molar-refractivity contribution in [2.75, 3.05) is 38.4 Å². The summed E-state index contributed by atoms with van der Waals surface area (Å²) in [4.78, 5) is 14.0. The zero-order valence-electron chi connectivity index (χ0n) is 12.6. The number of nitrogens with one attached hydrogen (secondary N) is 1. The molecule has 0 aliphatic heterocycles. The van der Waals surface area contributed by atoms with E-state index in [1.165, 1.54) is 0 Å². The zero-order valence-corrected chi connectivity index (χ0v) is 12.6. The largest absolute Gasteiger partial charge is 0.399 e. The smallest absolute Gasteiger partial charge is 0.224 e. The first-order valence-electron chi connectivity index (χ1n) is 6.87. The number of nitrogens with zero attached hydrogens (tertiary/aromatic N) is 1. The minimum absolute atomic E-state index is 0.0302. The van der Waals surface area contributed by atoms with Crippen molar-refractivity contribution < 1.29 is 9.53 Å². The molecule has 20 heavy (non-hydrogen) atoms. The lowest BCUT2D eigenvalue weighted by Gasteiger charge is -2.23. The number of anilines is 2. The van der Waals surface area contributed by atoms with Crippen molar-refractivity contribution in [1.82, 2.24) is 4.90 Å². The van der Waals surface area contributed by atoms with Crippen molar-refractivity contribution in [3.8, 4) is 0 Å². The summed E-state index contributed by atoms with van der Waals surface area (Å²) in [6.07, 6.45) is 1.33. The molecule has 1 unspecified atom stereocenters. The first-order chi connectivity index (χ1) is 9.52. The van der Waals surface area contributed by atoms with Crippen LogP contribution in [0.1, 0.15) is 19.8 Å². The monoisotopic (exact) mass is 279 g/mol.